The number of amides is 2. The van der Waals surface area contributed by atoms with Crippen LogP contribution in [0.25, 0.3) is 0 Å². The van der Waals surface area contributed by atoms with Gasteiger partial charge >= 0.3 is 18.0 Å². The van der Waals surface area contributed by atoms with Crippen LogP contribution in [0.3, 0.4) is 0 Å². The lowest BCUT2D eigenvalue weighted by Gasteiger charge is -2.13. The Morgan fingerprint density at radius 1 is 1.21 bits per heavy atom. The molecule has 0 unspecified atom stereocenters. The number of carboxylic acid groups (broad SMARTS) is 2. The van der Waals surface area contributed by atoms with E-state index in [9.17, 15) is 14.4 Å². The van der Waals surface area contributed by atoms with Crippen LogP contribution in [0.15, 0.2) is 0 Å². The highest BCUT2D eigenvalue weighted by molar-refractivity contribution is 5.86. The standard InChI is InChI=1S/C11H20N2O6/c1-7(2)6-19-4-3-12-11(18)13-8(10(16)17)5-9(14)15/h7-8H,3-6H2,1-2H3,(H,14,15)(H,16,17)(H2,12,13,18)/t8-/m1/s1. The number of carbonyl (C=O) groups is 3. The highest BCUT2D eigenvalue weighted by atomic mass is 16.5. The Kier molecular flexibility index (Phi) is 8.27. The number of urea groups is 1. The zero-order valence-corrected chi connectivity index (χ0v) is 11.0. The lowest BCUT2D eigenvalue weighted by atomic mass is 10.2. The molecule has 110 valence electrons. The molecule has 0 fully saturated rings. The molecule has 8 heteroatoms. The van der Waals surface area contributed by atoms with Crippen molar-refractivity contribution in [2.45, 2.75) is 26.3 Å². The van der Waals surface area contributed by atoms with Gasteiger partial charge in [-0.3, -0.25) is 4.79 Å². The van der Waals surface area contributed by atoms with E-state index >= 15 is 0 Å². The molecule has 0 aliphatic carbocycles. The molecule has 2 amide bonds. The summed E-state index contributed by atoms with van der Waals surface area (Å²) in [6, 6.07) is -2.18. The van der Waals surface area contributed by atoms with E-state index in [0.29, 0.717) is 19.1 Å². The van der Waals surface area contributed by atoms with Crippen molar-refractivity contribution in [3.05, 3.63) is 0 Å². The van der Waals surface area contributed by atoms with Crippen LogP contribution in [0.5, 0.6) is 0 Å². The topological polar surface area (TPSA) is 125 Å². The van der Waals surface area contributed by atoms with E-state index in [2.05, 4.69) is 10.6 Å². The Bertz CT molecular complexity index is 318. The van der Waals surface area contributed by atoms with E-state index in [1.54, 1.807) is 0 Å². The molecule has 0 saturated carbocycles. The highest BCUT2D eigenvalue weighted by Gasteiger charge is 2.22. The Balaban J connectivity index is 3.87. The minimum atomic E-state index is -1.45. The van der Waals surface area contributed by atoms with Crippen molar-refractivity contribution >= 4 is 18.0 Å². The molecule has 4 N–H and O–H groups in total. The number of rotatable bonds is 9. The van der Waals surface area contributed by atoms with Crippen LogP contribution in [-0.2, 0) is 14.3 Å². The van der Waals surface area contributed by atoms with Crippen LogP contribution < -0.4 is 10.6 Å². The van der Waals surface area contributed by atoms with Gasteiger partial charge in [0.05, 0.1) is 13.0 Å². The van der Waals surface area contributed by atoms with Crippen LogP contribution in [0, 0.1) is 5.92 Å². The lowest BCUT2D eigenvalue weighted by Crippen LogP contribution is -2.47. The molecule has 0 saturated heterocycles. The second-order valence-corrected chi connectivity index (χ2v) is 4.36. The summed E-state index contributed by atoms with van der Waals surface area (Å²) < 4.78 is 5.21. The van der Waals surface area contributed by atoms with Crippen LogP contribution in [-0.4, -0.2) is 54.0 Å². The second kappa shape index (κ2) is 9.15. The Labute approximate surface area is 111 Å². The molecule has 0 aliphatic heterocycles. The third kappa shape index (κ3) is 9.83. The van der Waals surface area contributed by atoms with E-state index < -0.39 is 30.4 Å². The first-order chi connectivity index (χ1) is 8.82. The number of ether oxygens (including phenoxy) is 1. The number of carbonyl (C=O) groups excluding carboxylic acids is 1. The maximum Gasteiger partial charge on any atom is 0.326 e. The zero-order chi connectivity index (χ0) is 14.8. The zero-order valence-electron chi connectivity index (χ0n) is 11.0. The fourth-order valence-corrected chi connectivity index (χ4v) is 1.14. The molecule has 0 aliphatic rings. The number of hydrogen-bond acceptors (Lipinski definition) is 4. The summed E-state index contributed by atoms with van der Waals surface area (Å²) in [5, 5.41) is 21.6. The molecule has 0 aromatic heterocycles. The molecule has 8 nitrogen and oxygen atoms in total. The molecule has 1 atom stereocenters. The van der Waals surface area contributed by atoms with Gasteiger partial charge in [0.2, 0.25) is 0 Å². The van der Waals surface area contributed by atoms with E-state index in [1.165, 1.54) is 0 Å². The summed E-state index contributed by atoms with van der Waals surface area (Å²) in [5.74, 6) is -2.30. The van der Waals surface area contributed by atoms with Gasteiger partial charge in [-0.2, -0.15) is 0 Å². The summed E-state index contributed by atoms with van der Waals surface area (Å²) in [6.07, 6.45) is -0.674. The Morgan fingerprint density at radius 2 is 1.84 bits per heavy atom. The Morgan fingerprint density at radius 3 is 2.32 bits per heavy atom. The van der Waals surface area contributed by atoms with Gasteiger partial charge in [0.15, 0.2) is 0 Å². The summed E-state index contributed by atoms with van der Waals surface area (Å²) in [5.41, 5.74) is 0. The predicted molar refractivity (Wildman–Crippen MR) is 65.9 cm³/mol. The molecule has 0 aromatic rings. The SMILES string of the molecule is CC(C)COCCNC(=O)N[C@H](CC(=O)O)C(=O)O. The van der Waals surface area contributed by atoms with Crippen LogP contribution in [0.4, 0.5) is 4.79 Å². The van der Waals surface area contributed by atoms with Crippen molar-refractivity contribution in [2.75, 3.05) is 19.8 Å². The molecule has 0 rings (SSSR count). The predicted octanol–water partition coefficient (Wildman–Crippen LogP) is -0.114. The lowest BCUT2D eigenvalue weighted by molar-refractivity contribution is -0.145. The van der Waals surface area contributed by atoms with Gasteiger partial charge in [-0.25, -0.2) is 9.59 Å². The Hall–Kier alpha value is -1.83. The summed E-state index contributed by atoms with van der Waals surface area (Å²) in [6.45, 7) is 5.08. The first-order valence-electron chi connectivity index (χ1n) is 5.89. The van der Waals surface area contributed by atoms with Crippen molar-refractivity contribution < 1.29 is 29.3 Å². The van der Waals surface area contributed by atoms with Gasteiger partial charge < -0.3 is 25.6 Å². The van der Waals surface area contributed by atoms with Gasteiger partial charge in [0.25, 0.3) is 0 Å². The van der Waals surface area contributed by atoms with E-state index in [1.807, 2.05) is 13.8 Å². The second-order valence-electron chi connectivity index (χ2n) is 4.36. The van der Waals surface area contributed by atoms with Crippen molar-refractivity contribution in [2.24, 2.45) is 5.92 Å². The fraction of sp³-hybridized carbons (Fsp3) is 0.727. The minimum absolute atomic E-state index is 0.220. The first-order valence-corrected chi connectivity index (χ1v) is 5.89. The number of carboxylic acids is 2. The monoisotopic (exact) mass is 276 g/mol. The normalized spacial score (nSPS) is 11.9. The maximum absolute atomic E-state index is 11.3. The average molecular weight is 276 g/mol. The average Bonchev–Trinajstić information content (AvgIpc) is 2.26. The highest BCUT2D eigenvalue weighted by Crippen LogP contribution is 1.93. The molecule has 0 bridgehead atoms. The van der Waals surface area contributed by atoms with Gasteiger partial charge in [-0.05, 0) is 5.92 Å². The maximum atomic E-state index is 11.3. The van der Waals surface area contributed by atoms with Crippen LogP contribution in [0.1, 0.15) is 20.3 Å². The van der Waals surface area contributed by atoms with E-state index in [-0.39, 0.29) is 6.54 Å². The molecular formula is C11H20N2O6. The quantitative estimate of drug-likeness (QED) is 0.435. The molecule has 0 radical (unpaired) electrons. The smallest absolute Gasteiger partial charge is 0.326 e. The summed E-state index contributed by atoms with van der Waals surface area (Å²) >= 11 is 0. The third-order valence-electron chi connectivity index (χ3n) is 1.97. The first kappa shape index (κ1) is 17.2. The van der Waals surface area contributed by atoms with Gasteiger partial charge in [-0.1, -0.05) is 13.8 Å². The summed E-state index contributed by atoms with van der Waals surface area (Å²) in [4.78, 5) is 32.4. The number of nitrogens with one attached hydrogen (secondary N) is 2. The molecule has 0 aromatic carbocycles. The van der Waals surface area contributed by atoms with Crippen molar-refractivity contribution in [3.8, 4) is 0 Å². The van der Waals surface area contributed by atoms with Crippen LogP contribution >= 0.6 is 0 Å². The van der Waals surface area contributed by atoms with Crippen molar-refractivity contribution in [3.63, 3.8) is 0 Å². The molecule has 0 heterocycles. The molecule has 0 spiro atoms. The largest absolute Gasteiger partial charge is 0.481 e. The fourth-order valence-electron chi connectivity index (χ4n) is 1.14. The number of aliphatic carboxylic acids is 2. The van der Waals surface area contributed by atoms with E-state index in [0.717, 1.165) is 0 Å². The van der Waals surface area contributed by atoms with Gasteiger partial charge in [-0.15, -0.1) is 0 Å². The van der Waals surface area contributed by atoms with Gasteiger partial charge in [0, 0.05) is 13.2 Å². The van der Waals surface area contributed by atoms with Crippen molar-refractivity contribution in [1.82, 2.24) is 10.6 Å². The van der Waals surface area contributed by atoms with E-state index in [4.69, 9.17) is 14.9 Å². The van der Waals surface area contributed by atoms with Gasteiger partial charge in [0.1, 0.15) is 6.04 Å². The third-order valence-corrected chi connectivity index (χ3v) is 1.97. The van der Waals surface area contributed by atoms with Crippen molar-refractivity contribution in [1.29, 1.82) is 0 Å². The molecule has 19 heavy (non-hydrogen) atoms. The minimum Gasteiger partial charge on any atom is -0.481 e. The van der Waals surface area contributed by atoms with Crippen LogP contribution in [0.2, 0.25) is 0 Å². The summed E-state index contributed by atoms with van der Waals surface area (Å²) in [7, 11) is 0. The molecular weight excluding hydrogens is 256 g/mol. The number of hydrogen-bond donors (Lipinski definition) is 4.